The molecule has 3 N–H and O–H groups in total. The minimum atomic E-state index is -4.09. The lowest BCUT2D eigenvalue weighted by Crippen LogP contribution is -2.18. The van der Waals surface area contributed by atoms with E-state index in [1.165, 1.54) is 13.2 Å². The van der Waals surface area contributed by atoms with Crippen LogP contribution >= 0.6 is 0 Å². The molecule has 1 aliphatic rings. The van der Waals surface area contributed by atoms with E-state index in [0.717, 1.165) is 18.4 Å². The maximum atomic E-state index is 13.3. The molecule has 0 radical (unpaired) electrons. The van der Waals surface area contributed by atoms with Crippen molar-refractivity contribution in [2.45, 2.75) is 43.6 Å². The quantitative estimate of drug-likeness (QED) is 0.403. The second kappa shape index (κ2) is 10.4. The highest BCUT2D eigenvalue weighted by Gasteiger charge is 2.32. The molecule has 1 saturated carbocycles. The van der Waals surface area contributed by atoms with Crippen LogP contribution in [0.1, 0.15) is 49.9 Å². The molecule has 2 heterocycles. The number of nitrogens with one attached hydrogen (secondary N) is 1. The van der Waals surface area contributed by atoms with Crippen LogP contribution in [0.2, 0.25) is 0 Å². The van der Waals surface area contributed by atoms with Crippen LogP contribution in [0.5, 0.6) is 23.1 Å². The zero-order valence-corrected chi connectivity index (χ0v) is 20.7. The number of benzene rings is 1. The molecule has 35 heavy (non-hydrogen) atoms. The first kappa shape index (κ1) is 24.7. The maximum absolute atomic E-state index is 13.3. The molecule has 0 atom stereocenters. The monoisotopic (exact) mass is 499 g/mol. The number of pyridine rings is 1. The fourth-order valence-electron chi connectivity index (χ4n) is 3.27. The fourth-order valence-corrected chi connectivity index (χ4v) is 4.21. The summed E-state index contributed by atoms with van der Waals surface area (Å²) in [6.07, 6.45) is 3.37. The molecule has 0 bridgehead atoms. The molecule has 186 valence electrons. The van der Waals surface area contributed by atoms with Crippen LogP contribution in [-0.4, -0.2) is 43.6 Å². The van der Waals surface area contributed by atoms with Crippen molar-refractivity contribution >= 4 is 15.8 Å². The summed E-state index contributed by atoms with van der Waals surface area (Å²) in [6, 6.07) is 10.2. The molecule has 1 fully saturated rings. The van der Waals surface area contributed by atoms with Crippen molar-refractivity contribution < 1.29 is 22.6 Å². The van der Waals surface area contributed by atoms with Gasteiger partial charge in [0.25, 0.3) is 15.9 Å². The Balaban J connectivity index is 1.78. The summed E-state index contributed by atoms with van der Waals surface area (Å²) in [5.74, 6) is 1.67. The Morgan fingerprint density at radius 1 is 1.11 bits per heavy atom. The van der Waals surface area contributed by atoms with Crippen LogP contribution in [-0.2, 0) is 10.0 Å². The molecule has 0 unspecified atom stereocenters. The van der Waals surface area contributed by atoms with Gasteiger partial charge < -0.3 is 19.9 Å². The van der Waals surface area contributed by atoms with Gasteiger partial charge in [-0.3, -0.25) is 4.72 Å². The first-order chi connectivity index (χ1) is 16.8. The molecule has 0 aliphatic heterocycles. The zero-order valence-electron chi connectivity index (χ0n) is 19.9. The van der Waals surface area contributed by atoms with Crippen molar-refractivity contribution in [1.82, 2.24) is 15.0 Å². The predicted molar refractivity (Wildman–Crippen MR) is 131 cm³/mol. The largest absolute Gasteiger partial charge is 0.493 e. The number of hydrogen-bond acceptors (Lipinski definition) is 9. The van der Waals surface area contributed by atoms with Crippen molar-refractivity contribution in [2.75, 3.05) is 25.0 Å². The number of ether oxygens (including phenoxy) is 3. The highest BCUT2D eigenvalue weighted by molar-refractivity contribution is 7.92. The molecule has 1 aromatic carbocycles. The lowest BCUT2D eigenvalue weighted by molar-refractivity contribution is 0.294. The van der Waals surface area contributed by atoms with E-state index in [4.69, 9.17) is 19.9 Å². The van der Waals surface area contributed by atoms with Crippen molar-refractivity contribution in [3.8, 4) is 23.1 Å². The van der Waals surface area contributed by atoms with Gasteiger partial charge in [-0.05, 0) is 42.5 Å². The number of aromatic nitrogens is 3. The van der Waals surface area contributed by atoms with Gasteiger partial charge in [-0.1, -0.05) is 32.0 Å². The Hall–Kier alpha value is -3.44. The Kier molecular flexibility index (Phi) is 7.37. The summed E-state index contributed by atoms with van der Waals surface area (Å²) in [7, 11) is -2.58. The van der Waals surface area contributed by atoms with E-state index in [2.05, 4.69) is 19.7 Å². The number of rotatable bonds is 11. The summed E-state index contributed by atoms with van der Waals surface area (Å²) in [6.45, 7) is 4.42. The number of anilines is 1. The van der Waals surface area contributed by atoms with Gasteiger partial charge in [0.05, 0.1) is 7.11 Å². The minimum Gasteiger partial charge on any atom is -0.493 e. The number of nitrogens with two attached hydrogens (primary N) is 1. The van der Waals surface area contributed by atoms with Gasteiger partial charge in [-0.15, -0.1) is 0 Å². The fraction of sp³-hybridized carbons (Fsp3) is 0.375. The summed E-state index contributed by atoms with van der Waals surface area (Å²) in [5.41, 5.74) is 6.57. The van der Waals surface area contributed by atoms with E-state index < -0.39 is 10.0 Å². The summed E-state index contributed by atoms with van der Waals surface area (Å²) in [4.78, 5) is 13.2. The number of nitrogens with zero attached hydrogens (tertiary/aromatic N) is 3. The normalized spacial score (nSPS) is 13.5. The molecule has 11 heteroatoms. The Labute approximate surface area is 204 Å². The Morgan fingerprint density at radius 3 is 2.46 bits per heavy atom. The van der Waals surface area contributed by atoms with Crippen LogP contribution in [0.4, 0.5) is 5.82 Å². The zero-order chi connectivity index (χ0) is 25.0. The van der Waals surface area contributed by atoms with Gasteiger partial charge in [0, 0.05) is 18.7 Å². The lowest BCUT2D eigenvalue weighted by Gasteiger charge is -2.18. The maximum Gasteiger partial charge on any atom is 0.280 e. The van der Waals surface area contributed by atoms with E-state index in [1.807, 2.05) is 13.8 Å². The first-order valence-corrected chi connectivity index (χ1v) is 12.8. The summed E-state index contributed by atoms with van der Waals surface area (Å²) >= 11 is 0. The van der Waals surface area contributed by atoms with Crippen LogP contribution in [0.25, 0.3) is 0 Å². The number of hydrogen-bond donors (Lipinski definition) is 2. The second-order valence-corrected chi connectivity index (χ2v) is 10.0. The third kappa shape index (κ3) is 5.80. The average molecular weight is 500 g/mol. The second-order valence-electron chi connectivity index (χ2n) is 8.42. The molecular formula is C24H29N5O5S. The number of methoxy groups -OCH3 is 1. The van der Waals surface area contributed by atoms with Gasteiger partial charge >= 0.3 is 0 Å². The van der Waals surface area contributed by atoms with Crippen LogP contribution < -0.4 is 24.7 Å². The van der Waals surface area contributed by atoms with Crippen molar-refractivity contribution in [1.29, 1.82) is 0 Å². The van der Waals surface area contributed by atoms with Gasteiger partial charge in [-0.2, -0.15) is 13.4 Å². The topological polar surface area (TPSA) is 139 Å². The molecule has 4 rings (SSSR count). The van der Waals surface area contributed by atoms with E-state index >= 15 is 0 Å². The highest BCUT2D eigenvalue weighted by Crippen LogP contribution is 2.44. The third-order valence-corrected chi connectivity index (χ3v) is 6.62. The van der Waals surface area contributed by atoms with Crippen LogP contribution in [0, 0.1) is 0 Å². The lowest BCUT2D eigenvalue weighted by atomic mass is 10.1. The molecule has 0 amide bonds. The minimum absolute atomic E-state index is 0.00901. The van der Waals surface area contributed by atoms with E-state index in [1.54, 1.807) is 36.5 Å². The van der Waals surface area contributed by atoms with Crippen LogP contribution in [0.15, 0.2) is 47.6 Å². The van der Waals surface area contributed by atoms with E-state index in [0.29, 0.717) is 17.3 Å². The summed E-state index contributed by atoms with van der Waals surface area (Å²) in [5, 5.41) is -0.138. The molecular weight excluding hydrogens is 470 g/mol. The standard InChI is InChI=1S/C24H29N5O5S/c1-15(2)17-10-11-20(26-14-17)35(30,31)29-23-21(34-19-7-5-4-6-18(19)32-3)24(33-13-12-25)28-22(27-23)16-8-9-16/h4-7,10-11,14-16H,8-9,12-13,25H2,1-3H3,(H,27,28,29). The number of sulfonamides is 1. The van der Waals surface area contributed by atoms with Crippen molar-refractivity contribution in [3.05, 3.63) is 54.0 Å². The highest BCUT2D eigenvalue weighted by atomic mass is 32.2. The summed E-state index contributed by atoms with van der Waals surface area (Å²) < 4.78 is 46.3. The number of para-hydroxylation sites is 2. The Morgan fingerprint density at radius 2 is 1.86 bits per heavy atom. The van der Waals surface area contributed by atoms with Crippen molar-refractivity contribution in [2.24, 2.45) is 5.73 Å². The predicted octanol–water partition coefficient (Wildman–Crippen LogP) is 3.81. The van der Waals surface area contributed by atoms with E-state index in [-0.39, 0.29) is 47.5 Å². The third-order valence-electron chi connectivity index (χ3n) is 5.36. The molecule has 3 aromatic rings. The van der Waals surface area contributed by atoms with Crippen molar-refractivity contribution in [3.63, 3.8) is 0 Å². The van der Waals surface area contributed by atoms with Crippen LogP contribution in [0.3, 0.4) is 0 Å². The first-order valence-electron chi connectivity index (χ1n) is 11.4. The average Bonchev–Trinajstić information content (AvgIpc) is 3.70. The molecule has 2 aromatic heterocycles. The molecule has 0 saturated heterocycles. The molecule has 10 nitrogen and oxygen atoms in total. The molecule has 0 spiro atoms. The van der Waals surface area contributed by atoms with Gasteiger partial charge in [0.2, 0.25) is 5.75 Å². The van der Waals surface area contributed by atoms with Gasteiger partial charge in [-0.25, -0.2) is 9.97 Å². The van der Waals surface area contributed by atoms with Gasteiger partial charge in [0.15, 0.2) is 22.3 Å². The van der Waals surface area contributed by atoms with E-state index in [9.17, 15) is 8.42 Å². The SMILES string of the molecule is COc1ccccc1Oc1c(NS(=O)(=O)c2ccc(C(C)C)cn2)nc(C2CC2)nc1OCCN. The Bertz CT molecular complexity index is 1280. The smallest absolute Gasteiger partial charge is 0.280 e. The van der Waals surface area contributed by atoms with Gasteiger partial charge in [0.1, 0.15) is 12.4 Å². The molecule has 1 aliphatic carbocycles.